The molecule has 8 nitrogen and oxygen atoms in total. The van der Waals surface area contributed by atoms with E-state index in [0.29, 0.717) is 46.1 Å². The van der Waals surface area contributed by atoms with Crippen molar-refractivity contribution in [2.45, 2.75) is 52.9 Å². The van der Waals surface area contributed by atoms with Gasteiger partial charge in [-0.1, -0.05) is 33.6 Å². The standard InChI is InChI=1S/C21H40O8/c1-4-7-8-19(20(22)28-17-15-26-13-11-24-9-5-2)21(23)29-18-16-27-14-12-25-10-6-3/h19H,4-18H2,1-3H3. The lowest BCUT2D eigenvalue weighted by Gasteiger charge is -2.15. The maximum atomic E-state index is 12.2. The van der Waals surface area contributed by atoms with Crippen LogP contribution in [0.4, 0.5) is 0 Å². The van der Waals surface area contributed by atoms with Gasteiger partial charge in [0.1, 0.15) is 13.2 Å². The summed E-state index contributed by atoms with van der Waals surface area (Å²) in [6, 6.07) is 0. The van der Waals surface area contributed by atoms with Gasteiger partial charge in [-0.25, -0.2) is 0 Å². The molecule has 0 aromatic rings. The Labute approximate surface area is 175 Å². The monoisotopic (exact) mass is 420 g/mol. The molecule has 0 N–H and O–H groups in total. The Balaban J connectivity index is 3.98. The number of hydrogen-bond acceptors (Lipinski definition) is 8. The van der Waals surface area contributed by atoms with E-state index in [4.69, 9.17) is 28.4 Å². The highest BCUT2D eigenvalue weighted by molar-refractivity contribution is 5.94. The number of hydrogen-bond donors (Lipinski definition) is 0. The quantitative estimate of drug-likeness (QED) is 0.159. The van der Waals surface area contributed by atoms with E-state index in [1.54, 1.807) is 0 Å². The van der Waals surface area contributed by atoms with Crippen LogP contribution in [-0.2, 0) is 38.0 Å². The molecule has 29 heavy (non-hydrogen) atoms. The summed E-state index contributed by atoms with van der Waals surface area (Å²) in [5.41, 5.74) is 0. The third-order valence-electron chi connectivity index (χ3n) is 3.80. The van der Waals surface area contributed by atoms with Crippen LogP contribution in [0.1, 0.15) is 52.9 Å². The fourth-order valence-electron chi connectivity index (χ4n) is 2.28. The van der Waals surface area contributed by atoms with Crippen molar-refractivity contribution in [3.8, 4) is 0 Å². The third-order valence-corrected chi connectivity index (χ3v) is 3.80. The molecule has 0 saturated carbocycles. The number of unbranched alkanes of at least 4 members (excludes halogenated alkanes) is 1. The molecule has 0 heterocycles. The Hall–Kier alpha value is -1.22. The number of rotatable bonds is 21. The molecule has 0 aromatic carbocycles. The van der Waals surface area contributed by atoms with Gasteiger partial charge in [0.05, 0.1) is 39.6 Å². The first kappa shape index (κ1) is 27.8. The van der Waals surface area contributed by atoms with E-state index in [1.807, 2.05) is 20.8 Å². The maximum absolute atomic E-state index is 12.2. The van der Waals surface area contributed by atoms with Gasteiger partial charge in [-0.3, -0.25) is 9.59 Å². The molecule has 0 spiro atoms. The van der Waals surface area contributed by atoms with Crippen molar-refractivity contribution >= 4 is 11.9 Å². The highest BCUT2D eigenvalue weighted by Gasteiger charge is 2.29. The molecule has 0 aromatic heterocycles. The van der Waals surface area contributed by atoms with Crippen molar-refractivity contribution in [2.75, 3.05) is 66.1 Å². The van der Waals surface area contributed by atoms with Crippen LogP contribution in [0.25, 0.3) is 0 Å². The van der Waals surface area contributed by atoms with Gasteiger partial charge in [0.25, 0.3) is 0 Å². The summed E-state index contributed by atoms with van der Waals surface area (Å²) in [5.74, 6) is -2.04. The van der Waals surface area contributed by atoms with Gasteiger partial charge in [0.2, 0.25) is 0 Å². The van der Waals surface area contributed by atoms with Crippen molar-refractivity contribution < 1.29 is 38.0 Å². The van der Waals surface area contributed by atoms with E-state index < -0.39 is 17.9 Å². The Morgan fingerprint density at radius 1 is 0.552 bits per heavy atom. The zero-order chi connectivity index (χ0) is 21.6. The van der Waals surface area contributed by atoms with E-state index >= 15 is 0 Å². The summed E-state index contributed by atoms with van der Waals surface area (Å²) < 4.78 is 31.6. The number of ether oxygens (including phenoxy) is 6. The minimum atomic E-state index is -0.907. The van der Waals surface area contributed by atoms with Crippen LogP contribution >= 0.6 is 0 Å². The summed E-state index contributed by atoms with van der Waals surface area (Å²) in [6.07, 6.45) is 3.95. The van der Waals surface area contributed by atoms with Gasteiger partial charge in [-0.05, 0) is 19.3 Å². The molecule has 172 valence electrons. The summed E-state index contributed by atoms with van der Waals surface area (Å²) in [7, 11) is 0. The van der Waals surface area contributed by atoms with Crippen LogP contribution in [0, 0.1) is 5.92 Å². The molecule has 0 unspecified atom stereocenters. The van der Waals surface area contributed by atoms with Crippen LogP contribution in [0.3, 0.4) is 0 Å². The summed E-state index contributed by atoms with van der Waals surface area (Å²) >= 11 is 0. The molecule has 0 bridgehead atoms. The SMILES string of the molecule is CCCCC(C(=O)OCCOCCOCCC)C(=O)OCCOCCOCCC. The predicted octanol–water partition coefficient (Wildman–Crippen LogP) is 2.77. The van der Waals surface area contributed by atoms with E-state index in [2.05, 4.69) is 0 Å². The van der Waals surface area contributed by atoms with Crippen LogP contribution < -0.4 is 0 Å². The Morgan fingerprint density at radius 3 is 1.31 bits per heavy atom. The van der Waals surface area contributed by atoms with Gasteiger partial charge < -0.3 is 28.4 Å². The molecule has 0 aliphatic heterocycles. The predicted molar refractivity (Wildman–Crippen MR) is 109 cm³/mol. The van der Waals surface area contributed by atoms with Gasteiger partial charge in [-0.2, -0.15) is 0 Å². The maximum Gasteiger partial charge on any atom is 0.320 e. The molecule has 0 aliphatic carbocycles. The van der Waals surface area contributed by atoms with Crippen molar-refractivity contribution in [3.63, 3.8) is 0 Å². The number of esters is 2. The summed E-state index contributed by atoms with van der Waals surface area (Å²) in [6.45, 7) is 10.1. The first-order valence-electron chi connectivity index (χ1n) is 10.8. The fraction of sp³-hybridized carbons (Fsp3) is 0.905. The van der Waals surface area contributed by atoms with Crippen LogP contribution in [0.5, 0.6) is 0 Å². The molecule has 0 aliphatic rings. The normalized spacial score (nSPS) is 11.0. The van der Waals surface area contributed by atoms with Crippen LogP contribution in [0.15, 0.2) is 0 Å². The second-order valence-corrected chi connectivity index (χ2v) is 6.48. The summed E-state index contributed by atoms with van der Waals surface area (Å²) in [5, 5.41) is 0. The van der Waals surface area contributed by atoms with Gasteiger partial charge in [-0.15, -0.1) is 0 Å². The van der Waals surface area contributed by atoms with E-state index in [-0.39, 0.29) is 26.4 Å². The highest BCUT2D eigenvalue weighted by atomic mass is 16.6. The number of carbonyl (C=O) groups excluding carboxylic acids is 2. The van der Waals surface area contributed by atoms with Crippen molar-refractivity contribution in [1.82, 2.24) is 0 Å². The Bertz CT molecular complexity index is 357. The molecule has 0 radical (unpaired) electrons. The second-order valence-electron chi connectivity index (χ2n) is 6.48. The lowest BCUT2D eigenvalue weighted by Crippen LogP contribution is -2.30. The molecule has 0 amide bonds. The molecule has 0 rings (SSSR count). The smallest absolute Gasteiger partial charge is 0.320 e. The average Bonchev–Trinajstić information content (AvgIpc) is 2.72. The number of carbonyl (C=O) groups is 2. The first-order chi connectivity index (χ1) is 14.2. The molecule has 0 fully saturated rings. The Morgan fingerprint density at radius 2 is 0.931 bits per heavy atom. The van der Waals surface area contributed by atoms with Crippen LogP contribution in [-0.4, -0.2) is 78.0 Å². The topological polar surface area (TPSA) is 89.5 Å². The largest absolute Gasteiger partial charge is 0.463 e. The van der Waals surface area contributed by atoms with Gasteiger partial charge in [0, 0.05) is 13.2 Å². The van der Waals surface area contributed by atoms with E-state index in [9.17, 15) is 9.59 Å². The average molecular weight is 421 g/mol. The Kier molecular flexibility index (Phi) is 20.6. The molecular weight excluding hydrogens is 380 g/mol. The zero-order valence-electron chi connectivity index (χ0n) is 18.4. The van der Waals surface area contributed by atoms with Crippen molar-refractivity contribution in [3.05, 3.63) is 0 Å². The minimum Gasteiger partial charge on any atom is -0.463 e. The molecule has 8 heteroatoms. The molecule has 0 saturated heterocycles. The van der Waals surface area contributed by atoms with Crippen molar-refractivity contribution in [1.29, 1.82) is 0 Å². The van der Waals surface area contributed by atoms with Crippen molar-refractivity contribution in [2.24, 2.45) is 5.92 Å². The fourth-order valence-corrected chi connectivity index (χ4v) is 2.28. The third kappa shape index (κ3) is 17.4. The summed E-state index contributed by atoms with van der Waals surface area (Å²) in [4.78, 5) is 24.5. The lowest BCUT2D eigenvalue weighted by molar-refractivity contribution is -0.164. The van der Waals surface area contributed by atoms with Gasteiger partial charge in [0.15, 0.2) is 5.92 Å². The highest BCUT2D eigenvalue weighted by Crippen LogP contribution is 2.13. The second kappa shape index (κ2) is 21.5. The zero-order valence-corrected chi connectivity index (χ0v) is 18.4. The first-order valence-corrected chi connectivity index (χ1v) is 10.8. The minimum absolute atomic E-state index is 0.101. The van der Waals surface area contributed by atoms with Gasteiger partial charge >= 0.3 is 11.9 Å². The lowest BCUT2D eigenvalue weighted by atomic mass is 10.0. The van der Waals surface area contributed by atoms with E-state index in [1.165, 1.54) is 0 Å². The van der Waals surface area contributed by atoms with E-state index in [0.717, 1.165) is 25.7 Å². The molecule has 0 atom stereocenters. The molecular formula is C21H40O8. The van der Waals surface area contributed by atoms with Crippen LogP contribution in [0.2, 0.25) is 0 Å².